The van der Waals surface area contributed by atoms with Gasteiger partial charge in [-0.05, 0) is 70.4 Å². The van der Waals surface area contributed by atoms with Crippen molar-refractivity contribution in [3.8, 4) is 11.5 Å². The molecule has 2 aromatic rings. The Morgan fingerprint density at radius 1 is 1.02 bits per heavy atom. The van der Waals surface area contributed by atoms with Gasteiger partial charge in [-0.15, -0.1) is 0 Å². The summed E-state index contributed by atoms with van der Waals surface area (Å²) in [6.45, 7) is 9.92. The lowest BCUT2D eigenvalue weighted by molar-refractivity contribution is -0.138. The fourth-order valence-electron chi connectivity index (χ4n) is 5.29. The van der Waals surface area contributed by atoms with Gasteiger partial charge in [0.25, 0.3) is 5.91 Å². The SMILES string of the molecule is CCOc1cc(OC)ccc1CN(CC(=O)N1CCCC(c2cccc(C(=O)NCCOCCOCCC(=O)O)c2)C1)C(=O)OC(C)(C)C. The summed E-state index contributed by atoms with van der Waals surface area (Å²) >= 11 is 0. The van der Waals surface area contributed by atoms with Crippen LogP contribution in [0.25, 0.3) is 0 Å². The highest BCUT2D eigenvalue weighted by Gasteiger charge is 2.30. The number of piperidine rings is 1. The van der Waals surface area contributed by atoms with E-state index in [9.17, 15) is 19.2 Å². The molecule has 1 fully saturated rings. The van der Waals surface area contributed by atoms with Crippen molar-refractivity contribution in [1.29, 1.82) is 0 Å². The molecule has 0 radical (unpaired) electrons. The second kappa shape index (κ2) is 19.6. The third-order valence-corrected chi connectivity index (χ3v) is 7.67. The zero-order valence-corrected chi connectivity index (χ0v) is 29.3. The minimum Gasteiger partial charge on any atom is -0.497 e. The summed E-state index contributed by atoms with van der Waals surface area (Å²) in [4.78, 5) is 53.6. The maximum Gasteiger partial charge on any atom is 0.411 e. The standard InChI is InChI=1S/C36H51N3O10/c1-6-48-31-22-30(45-5)13-12-29(31)24-39(35(44)49-36(2,3)4)25-32(40)38-16-8-11-28(23-38)26-9-7-10-27(21-26)34(43)37-15-18-47-20-19-46-17-14-33(41)42/h7,9-10,12-13,21-22,28H,6,8,11,14-20,23-25H2,1-5H3,(H,37,43)(H,41,42). The predicted octanol–water partition coefficient (Wildman–Crippen LogP) is 4.47. The Morgan fingerprint density at radius 3 is 2.47 bits per heavy atom. The molecular weight excluding hydrogens is 634 g/mol. The van der Waals surface area contributed by atoms with E-state index in [0.717, 1.165) is 24.0 Å². The van der Waals surface area contributed by atoms with E-state index in [0.29, 0.717) is 56.5 Å². The van der Waals surface area contributed by atoms with Crippen molar-refractivity contribution in [1.82, 2.24) is 15.1 Å². The lowest BCUT2D eigenvalue weighted by atomic mass is 9.89. The number of carboxylic acids is 1. The highest BCUT2D eigenvalue weighted by molar-refractivity contribution is 5.94. The molecule has 1 aliphatic rings. The van der Waals surface area contributed by atoms with Gasteiger partial charge in [-0.1, -0.05) is 12.1 Å². The normalized spacial score (nSPS) is 14.6. The van der Waals surface area contributed by atoms with Gasteiger partial charge in [0.2, 0.25) is 5.91 Å². The van der Waals surface area contributed by atoms with Gasteiger partial charge in [0.05, 0.1) is 53.1 Å². The Morgan fingerprint density at radius 2 is 1.78 bits per heavy atom. The van der Waals surface area contributed by atoms with Crippen molar-refractivity contribution in [2.75, 3.05) is 66.3 Å². The Labute approximate surface area is 288 Å². The van der Waals surface area contributed by atoms with E-state index in [2.05, 4.69) is 5.32 Å². The average molecular weight is 686 g/mol. The molecule has 2 N–H and O–H groups in total. The first-order chi connectivity index (χ1) is 23.4. The Balaban J connectivity index is 1.60. The summed E-state index contributed by atoms with van der Waals surface area (Å²) in [7, 11) is 1.57. The van der Waals surface area contributed by atoms with Crippen molar-refractivity contribution >= 4 is 23.9 Å². The first-order valence-electron chi connectivity index (χ1n) is 16.7. The molecule has 3 rings (SSSR count). The number of carboxylic acid groups (broad SMARTS) is 1. The number of benzene rings is 2. The van der Waals surface area contributed by atoms with E-state index in [1.807, 2.05) is 31.2 Å². The fourth-order valence-corrected chi connectivity index (χ4v) is 5.29. The van der Waals surface area contributed by atoms with Crippen LogP contribution >= 0.6 is 0 Å². The van der Waals surface area contributed by atoms with Crippen LogP contribution in [0.1, 0.15) is 74.4 Å². The van der Waals surface area contributed by atoms with Crippen LogP contribution in [0.15, 0.2) is 42.5 Å². The minimum atomic E-state index is -0.915. The van der Waals surface area contributed by atoms with E-state index in [1.54, 1.807) is 51.0 Å². The largest absolute Gasteiger partial charge is 0.497 e. The smallest absolute Gasteiger partial charge is 0.411 e. The lowest BCUT2D eigenvalue weighted by Crippen LogP contribution is -2.47. The van der Waals surface area contributed by atoms with Gasteiger partial charge in [-0.2, -0.15) is 0 Å². The quantitative estimate of drug-likeness (QED) is 0.215. The maximum absolute atomic E-state index is 13.7. The molecule has 0 spiro atoms. The number of methoxy groups -OCH3 is 1. The van der Waals surface area contributed by atoms with E-state index in [1.165, 1.54) is 4.90 Å². The van der Waals surface area contributed by atoms with Crippen LogP contribution in [0.2, 0.25) is 0 Å². The number of nitrogens with zero attached hydrogens (tertiary/aromatic N) is 2. The number of nitrogens with one attached hydrogen (secondary N) is 1. The Hall–Kier alpha value is -4.36. The van der Waals surface area contributed by atoms with Gasteiger partial charge in [0, 0.05) is 42.7 Å². The van der Waals surface area contributed by atoms with Crippen molar-refractivity contribution < 1.29 is 48.0 Å². The summed E-state index contributed by atoms with van der Waals surface area (Å²) in [5, 5.41) is 11.5. The van der Waals surface area contributed by atoms with Crippen molar-refractivity contribution in [3.63, 3.8) is 0 Å². The van der Waals surface area contributed by atoms with Crippen molar-refractivity contribution in [2.45, 2.75) is 65.0 Å². The number of carbonyl (C=O) groups excluding carboxylic acids is 3. The van der Waals surface area contributed by atoms with Crippen LogP contribution in [0.5, 0.6) is 11.5 Å². The molecule has 13 heteroatoms. The number of hydrogen-bond donors (Lipinski definition) is 2. The fraction of sp³-hybridized carbons (Fsp3) is 0.556. The molecule has 0 saturated carbocycles. The number of ether oxygens (including phenoxy) is 5. The zero-order valence-electron chi connectivity index (χ0n) is 29.3. The molecule has 2 aromatic carbocycles. The summed E-state index contributed by atoms with van der Waals surface area (Å²) < 4.78 is 27.5. The zero-order chi connectivity index (χ0) is 35.8. The Kier molecular flexibility index (Phi) is 15.6. The van der Waals surface area contributed by atoms with E-state index < -0.39 is 17.7 Å². The van der Waals surface area contributed by atoms with Gasteiger partial charge < -0.3 is 39.0 Å². The van der Waals surface area contributed by atoms with Crippen LogP contribution in [0.4, 0.5) is 4.79 Å². The molecule has 1 atom stereocenters. The molecule has 3 amide bonds. The first-order valence-corrected chi connectivity index (χ1v) is 16.7. The van der Waals surface area contributed by atoms with Gasteiger partial charge in [0.15, 0.2) is 0 Å². The van der Waals surface area contributed by atoms with E-state index >= 15 is 0 Å². The molecular formula is C36H51N3O10. The molecule has 0 aromatic heterocycles. The van der Waals surface area contributed by atoms with Crippen LogP contribution in [0, 0.1) is 0 Å². The molecule has 0 aliphatic carbocycles. The second-order valence-corrected chi connectivity index (χ2v) is 12.7. The molecule has 1 heterocycles. The minimum absolute atomic E-state index is 0.0241. The average Bonchev–Trinajstić information content (AvgIpc) is 3.07. The van der Waals surface area contributed by atoms with Crippen LogP contribution in [-0.4, -0.2) is 111 Å². The molecule has 1 saturated heterocycles. The van der Waals surface area contributed by atoms with E-state index in [-0.39, 0.29) is 50.5 Å². The number of amides is 3. The molecule has 1 aliphatic heterocycles. The van der Waals surface area contributed by atoms with Crippen LogP contribution in [-0.2, 0) is 30.3 Å². The van der Waals surface area contributed by atoms with Crippen LogP contribution in [0.3, 0.4) is 0 Å². The number of rotatable bonds is 18. The van der Waals surface area contributed by atoms with Gasteiger partial charge in [-0.25, -0.2) is 4.79 Å². The van der Waals surface area contributed by atoms with Crippen molar-refractivity contribution in [2.24, 2.45) is 0 Å². The summed E-state index contributed by atoms with van der Waals surface area (Å²) in [5.74, 6) is -0.126. The maximum atomic E-state index is 13.7. The number of hydrogen-bond acceptors (Lipinski definition) is 9. The topological polar surface area (TPSA) is 153 Å². The van der Waals surface area contributed by atoms with E-state index in [4.69, 9.17) is 28.8 Å². The number of aliphatic carboxylic acids is 1. The molecule has 49 heavy (non-hydrogen) atoms. The van der Waals surface area contributed by atoms with Gasteiger partial charge >= 0.3 is 12.1 Å². The predicted molar refractivity (Wildman–Crippen MR) is 182 cm³/mol. The molecule has 0 bridgehead atoms. The van der Waals surface area contributed by atoms with Crippen molar-refractivity contribution in [3.05, 3.63) is 59.2 Å². The Bertz CT molecular complexity index is 1390. The summed E-state index contributed by atoms with van der Waals surface area (Å²) in [6, 6.07) is 12.8. The first kappa shape index (κ1) is 39.1. The highest BCUT2D eigenvalue weighted by Crippen LogP contribution is 2.29. The second-order valence-electron chi connectivity index (χ2n) is 12.7. The molecule has 13 nitrogen and oxygen atoms in total. The summed E-state index contributed by atoms with van der Waals surface area (Å²) in [6.07, 6.45) is 0.986. The molecule has 1 unspecified atom stereocenters. The lowest BCUT2D eigenvalue weighted by Gasteiger charge is -2.35. The van der Waals surface area contributed by atoms with Gasteiger partial charge in [0.1, 0.15) is 23.6 Å². The third kappa shape index (κ3) is 13.6. The highest BCUT2D eigenvalue weighted by atomic mass is 16.6. The van der Waals surface area contributed by atoms with Gasteiger partial charge in [-0.3, -0.25) is 19.3 Å². The van der Waals surface area contributed by atoms with Crippen LogP contribution < -0.4 is 14.8 Å². The number of carbonyl (C=O) groups is 4. The number of likely N-dealkylation sites (tertiary alicyclic amines) is 1. The molecule has 270 valence electrons. The summed E-state index contributed by atoms with van der Waals surface area (Å²) in [5.41, 5.74) is 1.45. The third-order valence-electron chi connectivity index (χ3n) is 7.67. The monoisotopic (exact) mass is 685 g/mol.